The molecule has 1 amide bonds. The molecule has 1 fully saturated rings. The number of rotatable bonds is 3. The quantitative estimate of drug-likeness (QED) is 0.927. The van der Waals surface area contributed by atoms with E-state index in [1.807, 2.05) is 11.9 Å². The van der Waals surface area contributed by atoms with E-state index >= 15 is 0 Å². The average Bonchev–Trinajstić information content (AvgIpc) is 2.80. The number of nitrogens with zero attached hydrogens (tertiary/aromatic N) is 1. The fourth-order valence-corrected chi connectivity index (χ4v) is 2.67. The molecule has 0 aliphatic carbocycles. The van der Waals surface area contributed by atoms with Crippen LogP contribution in [0, 0.1) is 5.92 Å². The fraction of sp³-hybridized carbons (Fsp3) is 0.462. The molecule has 0 bridgehead atoms. The first kappa shape index (κ1) is 13.7. The normalized spacial score (nSPS) is 19.3. The van der Waals surface area contributed by atoms with Crippen molar-refractivity contribution < 1.29 is 4.79 Å². The third-order valence-electron chi connectivity index (χ3n) is 3.22. The fourth-order valence-electron chi connectivity index (χ4n) is 2.30. The van der Waals surface area contributed by atoms with Gasteiger partial charge < -0.3 is 10.2 Å². The summed E-state index contributed by atoms with van der Waals surface area (Å²) in [7, 11) is 1.93. The van der Waals surface area contributed by atoms with Gasteiger partial charge in [-0.15, -0.1) is 0 Å². The van der Waals surface area contributed by atoms with Crippen molar-refractivity contribution in [3.05, 3.63) is 33.8 Å². The van der Waals surface area contributed by atoms with Crippen LogP contribution in [0.1, 0.15) is 16.8 Å². The lowest BCUT2D eigenvalue weighted by atomic mass is 10.1. The van der Waals surface area contributed by atoms with Crippen molar-refractivity contribution in [3.63, 3.8) is 0 Å². The summed E-state index contributed by atoms with van der Waals surface area (Å²) in [4.78, 5) is 14.2. The second kappa shape index (κ2) is 5.91. The minimum atomic E-state index is -0.0268. The molecule has 1 saturated heterocycles. The first-order chi connectivity index (χ1) is 8.61. The monoisotopic (exact) mass is 286 g/mol. The summed E-state index contributed by atoms with van der Waals surface area (Å²) in [5.74, 6) is 0.498. The molecule has 1 atom stereocenters. The maximum absolute atomic E-state index is 12.3. The van der Waals surface area contributed by atoms with Crippen molar-refractivity contribution in [2.24, 2.45) is 5.92 Å². The molecule has 18 heavy (non-hydrogen) atoms. The summed E-state index contributed by atoms with van der Waals surface area (Å²) in [5.41, 5.74) is 0.495. The van der Waals surface area contributed by atoms with Gasteiger partial charge in [0.2, 0.25) is 0 Å². The Morgan fingerprint density at radius 3 is 3.00 bits per heavy atom. The van der Waals surface area contributed by atoms with Crippen LogP contribution in [0.3, 0.4) is 0 Å². The van der Waals surface area contributed by atoms with E-state index in [1.165, 1.54) is 0 Å². The van der Waals surface area contributed by atoms with Crippen molar-refractivity contribution in [2.75, 3.05) is 26.7 Å². The minimum Gasteiger partial charge on any atom is -0.338 e. The molecule has 0 radical (unpaired) electrons. The number of halogens is 2. The Bertz CT molecular complexity index is 451. The molecule has 3 nitrogen and oxygen atoms in total. The van der Waals surface area contributed by atoms with E-state index in [-0.39, 0.29) is 5.91 Å². The van der Waals surface area contributed by atoms with Crippen LogP contribution in [-0.4, -0.2) is 37.5 Å². The Morgan fingerprint density at radius 1 is 1.50 bits per heavy atom. The SMILES string of the molecule is CNC[C@@H]1CCN(C(=O)c2cc(Cl)ccc2Cl)C1. The molecule has 1 N–H and O–H groups in total. The molecule has 0 aromatic heterocycles. The van der Waals surface area contributed by atoms with E-state index in [0.29, 0.717) is 21.5 Å². The van der Waals surface area contributed by atoms with Crippen LogP contribution in [0.5, 0.6) is 0 Å². The summed E-state index contributed by atoms with van der Waals surface area (Å²) in [6.07, 6.45) is 1.03. The number of likely N-dealkylation sites (tertiary alicyclic amines) is 1. The summed E-state index contributed by atoms with van der Waals surface area (Å²) in [6.45, 7) is 2.50. The van der Waals surface area contributed by atoms with Crippen LogP contribution in [-0.2, 0) is 0 Å². The third kappa shape index (κ3) is 2.97. The molecule has 98 valence electrons. The first-order valence-electron chi connectivity index (χ1n) is 6.00. The topological polar surface area (TPSA) is 32.3 Å². The number of carbonyl (C=O) groups excluding carboxylic acids is 1. The molecule has 0 saturated carbocycles. The highest BCUT2D eigenvalue weighted by Gasteiger charge is 2.27. The molecule has 5 heteroatoms. The zero-order valence-corrected chi connectivity index (χ0v) is 11.8. The predicted octanol–water partition coefficient (Wildman–Crippen LogP) is 2.67. The predicted molar refractivity (Wildman–Crippen MR) is 74.4 cm³/mol. The number of amides is 1. The third-order valence-corrected chi connectivity index (χ3v) is 3.79. The van der Waals surface area contributed by atoms with Gasteiger partial charge in [0.25, 0.3) is 5.91 Å². The highest BCUT2D eigenvalue weighted by molar-refractivity contribution is 6.35. The highest BCUT2D eigenvalue weighted by atomic mass is 35.5. The van der Waals surface area contributed by atoms with E-state index in [1.54, 1.807) is 18.2 Å². The maximum atomic E-state index is 12.3. The number of benzene rings is 1. The molecular weight excluding hydrogens is 271 g/mol. The summed E-state index contributed by atoms with van der Waals surface area (Å²) in [6, 6.07) is 4.99. The smallest absolute Gasteiger partial charge is 0.255 e. The van der Waals surface area contributed by atoms with Crippen LogP contribution in [0.15, 0.2) is 18.2 Å². The zero-order valence-electron chi connectivity index (χ0n) is 10.2. The van der Waals surface area contributed by atoms with E-state index in [2.05, 4.69) is 5.32 Å². The summed E-state index contributed by atoms with van der Waals surface area (Å²) >= 11 is 12.0. The van der Waals surface area contributed by atoms with Gasteiger partial charge in [0, 0.05) is 18.1 Å². The summed E-state index contributed by atoms with van der Waals surface area (Å²) < 4.78 is 0. The first-order valence-corrected chi connectivity index (χ1v) is 6.76. The lowest BCUT2D eigenvalue weighted by Gasteiger charge is -2.17. The van der Waals surface area contributed by atoms with Gasteiger partial charge >= 0.3 is 0 Å². The van der Waals surface area contributed by atoms with E-state index in [0.717, 1.165) is 26.1 Å². The molecule has 2 rings (SSSR count). The van der Waals surface area contributed by atoms with Crippen LogP contribution in [0.2, 0.25) is 10.0 Å². The van der Waals surface area contributed by atoms with Gasteiger partial charge in [-0.2, -0.15) is 0 Å². The Labute approximate surface area is 117 Å². The molecule has 1 aromatic carbocycles. The van der Waals surface area contributed by atoms with Gasteiger partial charge in [-0.25, -0.2) is 0 Å². The molecule has 1 aliphatic rings. The second-order valence-corrected chi connectivity index (χ2v) is 5.43. The number of carbonyl (C=O) groups is 1. The largest absolute Gasteiger partial charge is 0.338 e. The van der Waals surface area contributed by atoms with Crippen LogP contribution < -0.4 is 5.32 Å². The van der Waals surface area contributed by atoms with E-state index < -0.39 is 0 Å². The van der Waals surface area contributed by atoms with E-state index in [9.17, 15) is 4.79 Å². The minimum absolute atomic E-state index is 0.0268. The van der Waals surface area contributed by atoms with Gasteiger partial charge in [0.1, 0.15) is 0 Å². The number of hydrogen-bond acceptors (Lipinski definition) is 2. The van der Waals surface area contributed by atoms with Gasteiger partial charge in [-0.05, 0) is 44.1 Å². The lowest BCUT2D eigenvalue weighted by Crippen LogP contribution is -2.30. The number of nitrogens with one attached hydrogen (secondary N) is 1. The average molecular weight is 287 g/mol. The number of hydrogen-bond donors (Lipinski definition) is 1. The van der Waals surface area contributed by atoms with Crippen molar-refractivity contribution in [2.45, 2.75) is 6.42 Å². The van der Waals surface area contributed by atoms with Crippen molar-refractivity contribution >= 4 is 29.1 Å². The maximum Gasteiger partial charge on any atom is 0.255 e. The van der Waals surface area contributed by atoms with Gasteiger partial charge in [0.15, 0.2) is 0 Å². The van der Waals surface area contributed by atoms with Crippen molar-refractivity contribution in [1.29, 1.82) is 0 Å². The Hall–Kier alpha value is -0.770. The molecule has 0 spiro atoms. The Kier molecular flexibility index (Phi) is 4.49. The summed E-state index contributed by atoms with van der Waals surface area (Å²) in [5, 5.41) is 4.14. The van der Waals surface area contributed by atoms with Crippen LogP contribution >= 0.6 is 23.2 Å². The molecular formula is C13H16Cl2N2O. The Balaban J connectivity index is 2.10. The van der Waals surface area contributed by atoms with Gasteiger partial charge in [0.05, 0.1) is 10.6 Å². The Morgan fingerprint density at radius 2 is 2.28 bits per heavy atom. The van der Waals surface area contributed by atoms with Crippen LogP contribution in [0.25, 0.3) is 0 Å². The lowest BCUT2D eigenvalue weighted by molar-refractivity contribution is 0.0787. The zero-order chi connectivity index (χ0) is 13.1. The second-order valence-electron chi connectivity index (χ2n) is 4.59. The van der Waals surface area contributed by atoms with E-state index in [4.69, 9.17) is 23.2 Å². The van der Waals surface area contributed by atoms with Gasteiger partial charge in [-0.1, -0.05) is 23.2 Å². The van der Waals surface area contributed by atoms with Crippen LogP contribution in [0.4, 0.5) is 0 Å². The van der Waals surface area contributed by atoms with Crippen molar-refractivity contribution in [1.82, 2.24) is 10.2 Å². The molecule has 0 unspecified atom stereocenters. The van der Waals surface area contributed by atoms with Gasteiger partial charge in [-0.3, -0.25) is 4.79 Å². The molecule has 1 aromatic rings. The van der Waals surface area contributed by atoms with Crippen molar-refractivity contribution in [3.8, 4) is 0 Å². The molecule has 1 heterocycles. The standard InChI is InChI=1S/C13H16Cl2N2O/c1-16-7-9-4-5-17(8-9)13(18)11-6-10(14)2-3-12(11)15/h2-3,6,9,16H,4-5,7-8H2,1H3/t9-/m0/s1. The molecule has 1 aliphatic heterocycles. The highest BCUT2D eigenvalue weighted by Crippen LogP contribution is 2.25.